The van der Waals surface area contributed by atoms with Crippen LogP contribution in [0, 0.1) is 10.1 Å². The van der Waals surface area contributed by atoms with Crippen molar-refractivity contribution in [3.8, 4) is 5.88 Å². The summed E-state index contributed by atoms with van der Waals surface area (Å²) in [7, 11) is 0. The van der Waals surface area contributed by atoms with Crippen molar-refractivity contribution < 1.29 is 10.0 Å². The van der Waals surface area contributed by atoms with Crippen LogP contribution in [-0.2, 0) is 6.42 Å². The van der Waals surface area contributed by atoms with Crippen molar-refractivity contribution in [3.63, 3.8) is 0 Å². The van der Waals surface area contributed by atoms with Crippen LogP contribution in [0.4, 0.5) is 5.69 Å². The van der Waals surface area contributed by atoms with Crippen LogP contribution >= 0.6 is 11.3 Å². The molecule has 0 saturated carbocycles. The Labute approximate surface area is 154 Å². The van der Waals surface area contributed by atoms with Crippen LogP contribution in [0.25, 0.3) is 4.96 Å². The van der Waals surface area contributed by atoms with Gasteiger partial charge >= 0.3 is 0 Å². The molecule has 0 radical (unpaired) electrons. The van der Waals surface area contributed by atoms with E-state index in [1.165, 1.54) is 28.0 Å². The molecule has 0 saturated heterocycles. The van der Waals surface area contributed by atoms with Gasteiger partial charge in [-0.15, -0.1) is 5.10 Å². The van der Waals surface area contributed by atoms with E-state index in [1.54, 1.807) is 12.1 Å². The number of hydrogen-bond acceptors (Lipinski definition) is 7. The second-order valence-corrected chi connectivity index (χ2v) is 6.85. The number of nitro benzene ring substituents is 1. The van der Waals surface area contributed by atoms with Gasteiger partial charge in [-0.25, -0.2) is 4.98 Å². The maximum absolute atomic E-state index is 10.9. The van der Waals surface area contributed by atoms with Gasteiger partial charge in [0.15, 0.2) is 5.82 Å². The Morgan fingerprint density at radius 1 is 1.27 bits per heavy atom. The number of nitrogens with zero attached hydrogens (tertiary/aromatic N) is 5. The van der Waals surface area contributed by atoms with E-state index in [-0.39, 0.29) is 17.6 Å². The molecule has 8 nitrogen and oxygen atoms in total. The molecule has 3 aromatic rings. The molecular formula is C17H21N5O3S. The molecule has 0 aliphatic heterocycles. The zero-order chi connectivity index (χ0) is 18.8. The highest BCUT2D eigenvalue weighted by Gasteiger charge is 2.28. The molecule has 0 aliphatic carbocycles. The predicted molar refractivity (Wildman–Crippen MR) is 99.8 cm³/mol. The zero-order valence-corrected chi connectivity index (χ0v) is 15.7. The molecular weight excluding hydrogens is 354 g/mol. The molecule has 2 aromatic heterocycles. The van der Waals surface area contributed by atoms with Gasteiger partial charge in [0.05, 0.1) is 15.8 Å². The molecule has 1 atom stereocenters. The number of rotatable bonds is 7. The highest BCUT2D eigenvalue weighted by Crippen LogP contribution is 2.40. The van der Waals surface area contributed by atoms with Gasteiger partial charge in [0.2, 0.25) is 10.8 Å². The number of benzene rings is 1. The molecule has 26 heavy (non-hydrogen) atoms. The van der Waals surface area contributed by atoms with Gasteiger partial charge in [0.25, 0.3) is 5.69 Å². The van der Waals surface area contributed by atoms with Crippen LogP contribution in [0.3, 0.4) is 0 Å². The van der Waals surface area contributed by atoms with Gasteiger partial charge in [-0.1, -0.05) is 44.2 Å². The number of hydrogen-bond donors (Lipinski definition) is 1. The third-order valence-electron chi connectivity index (χ3n) is 4.41. The third kappa shape index (κ3) is 3.15. The largest absolute Gasteiger partial charge is 0.492 e. The maximum Gasteiger partial charge on any atom is 0.269 e. The van der Waals surface area contributed by atoms with Crippen molar-refractivity contribution in [1.29, 1.82) is 0 Å². The van der Waals surface area contributed by atoms with Crippen molar-refractivity contribution in [2.75, 3.05) is 13.1 Å². The van der Waals surface area contributed by atoms with Crippen molar-refractivity contribution >= 4 is 22.0 Å². The van der Waals surface area contributed by atoms with E-state index in [9.17, 15) is 15.2 Å². The van der Waals surface area contributed by atoms with E-state index in [2.05, 4.69) is 15.0 Å². The monoisotopic (exact) mass is 375 g/mol. The first-order valence-corrected chi connectivity index (χ1v) is 9.37. The van der Waals surface area contributed by atoms with E-state index < -0.39 is 4.92 Å². The summed E-state index contributed by atoms with van der Waals surface area (Å²) in [6.07, 6.45) is 0.699. The average molecular weight is 375 g/mol. The Balaban J connectivity index is 2.10. The molecule has 0 amide bonds. The Hall–Kier alpha value is -2.52. The smallest absolute Gasteiger partial charge is 0.269 e. The maximum atomic E-state index is 10.9. The standard InChI is InChI=1S/C17H21N5O3S/c1-4-13-18-17-21(19-13)16(23)15(26-17)14(20(5-2)6-3)11-7-9-12(10-8-11)22(24)25/h7-10,14,23H,4-6H2,1-3H3. The summed E-state index contributed by atoms with van der Waals surface area (Å²) in [5.74, 6) is 0.764. The molecule has 1 aromatic carbocycles. The minimum Gasteiger partial charge on any atom is -0.492 e. The lowest BCUT2D eigenvalue weighted by atomic mass is 10.0. The lowest BCUT2D eigenvalue weighted by molar-refractivity contribution is -0.384. The lowest BCUT2D eigenvalue weighted by Crippen LogP contribution is -2.28. The van der Waals surface area contributed by atoms with Gasteiger partial charge in [-0.3, -0.25) is 15.0 Å². The Bertz CT molecular complexity index is 915. The first-order valence-electron chi connectivity index (χ1n) is 8.55. The Kier molecular flexibility index (Phi) is 5.19. The zero-order valence-electron chi connectivity index (χ0n) is 14.9. The number of fused-ring (bicyclic) bond motifs is 1. The number of thiazole rings is 1. The minimum absolute atomic E-state index is 0.0477. The van der Waals surface area contributed by atoms with Crippen LogP contribution in [-0.4, -0.2) is 42.6 Å². The van der Waals surface area contributed by atoms with E-state index in [0.29, 0.717) is 17.2 Å². The summed E-state index contributed by atoms with van der Waals surface area (Å²) in [6.45, 7) is 7.60. The van der Waals surface area contributed by atoms with E-state index in [0.717, 1.165) is 23.5 Å². The normalized spacial score (nSPS) is 12.8. The van der Waals surface area contributed by atoms with Crippen molar-refractivity contribution in [2.45, 2.75) is 33.2 Å². The van der Waals surface area contributed by atoms with Crippen molar-refractivity contribution in [1.82, 2.24) is 19.5 Å². The molecule has 3 rings (SSSR count). The predicted octanol–water partition coefficient (Wildman–Crippen LogP) is 3.40. The molecule has 1 unspecified atom stereocenters. The number of aromatic nitrogens is 3. The highest BCUT2D eigenvalue weighted by molar-refractivity contribution is 7.17. The van der Waals surface area contributed by atoms with E-state index >= 15 is 0 Å². The van der Waals surface area contributed by atoms with Gasteiger partial charge < -0.3 is 5.11 Å². The van der Waals surface area contributed by atoms with Gasteiger partial charge in [0.1, 0.15) is 0 Å². The number of aromatic hydroxyl groups is 1. The summed E-state index contributed by atoms with van der Waals surface area (Å²) in [4.78, 5) is 18.5. The summed E-state index contributed by atoms with van der Waals surface area (Å²) in [5, 5.41) is 26.0. The van der Waals surface area contributed by atoms with Crippen LogP contribution in [0.1, 0.15) is 43.1 Å². The highest BCUT2D eigenvalue weighted by atomic mass is 32.1. The fraction of sp³-hybridized carbons (Fsp3) is 0.412. The molecule has 138 valence electrons. The molecule has 0 fully saturated rings. The number of aryl methyl sites for hydroxylation is 1. The summed E-state index contributed by atoms with van der Waals surface area (Å²) in [6, 6.07) is 6.26. The summed E-state index contributed by atoms with van der Waals surface area (Å²) in [5.41, 5.74) is 0.932. The lowest BCUT2D eigenvalue weighted by Gasteiger charge is -2.29. The molecule has 1 N–H and O–H groups in total. The van der Waals surface area contributed by atoms with E-state index in [1.807, 2.05) is 20.8 Å². The molecule has 0 bridgehead atoms. The van der Waals surface area contributed by atoms with Gasteiger partial charge in [0, 0.05) is 18.6 Å². The first-order chi connectivity index (χ1) is 12.5. The number of non-ortho nitro benzene ring substituents is 1. The molecule has 9 heteroatoms. The van der Waals surface area contributed by atoms with Gasteiger partial charge in [-0.05, 0) is 18.7 Å². The van der Waals surface area contributed by atoms with E-state index in [4.69, 9.17) is 0 Å². The van der Waals surface area contributed by atoms with Gasteiger partial charge in [-0.2, -0.15) is 4.52 Å². The fourth-order valence-corrected chi connectivity index (χ4v) is 4.15. The van der Waals surface area contributed by atoms with Crippen molar-refractivity contribution in [2.24, 2.45) is 0 Å². The van der Waals surface area contributed by atoms with Crippen LogP contribution in [0.2, 0.25) is 0 Å². The summed E-state index contributed by atoms with van der Waals surface area (Å²) < 4.78 is 1.47. The SMILES string of the molecule is CCc1nc2sc(C(c3ccc([N+](=O)[O-])cc3)N(CC)CC)c(O)n2n1. The van der Waals surface area contributed by atoms with Crippen LogP contribution < -0.4 is 0 Å². The Morgan fingerprint density at radius 2 is 1.92 bits per heavy atom. The quantitative estimate of drug-likeness (QED) is 0.502. The first kappa shape index (κ1) is 18.3. The molecule has 2 heterocycles. The topological polar surface area (TPSA) is 96.8 Å². The van der Waals surface area contributed by atoms with Crippen LogP contribution in [0.15, 0.2) is 24.3 Å². The fourth-order valence-electron chi connectivity index (χ4n) is 3.01. The summed E-state index contributed by atoms with van der Waals surface area (Å²) >= 11 is 1.40. The second-order valence-electron chi connectivity index (χ2n) is 5.84. The third-order valence-corrected chi connectivity index (χ3v) is 5.48. The Morgan fingerprint density at radius 3 is 2.42 bits per heavy atom. The average Bonchev–Trinajstić information content (AvgIpc) is 3.19. The van der Waals surface area contributed by atoms with Crippen LogP contribution in [0.5, 0.6) is 5.88 Å². The van der Waals surface area contributed by atoms with Crippen molar-refractivity contribution in [3.05, 3.63) is 50.6 Å². The number of nitro groups is 1. The minimum atomic E-state index is -0.414. The second kappa shape index (κ2) is 7.38. The molecule has 0 spiro atoms. The molecule has 0 aliphatic rings.